The van der Waals surface area contributed by atoms with Crippen molar-refractivity contribution in [2.75, 3.05) is 6.54 Å². The van der Waals surface area contributed by atoms with E-state index in [0.717, 1.165) is 26.2 Å². The van der Waals surface area contributed by atoms with Crippen molar-refractivity contribution < 1.29 is 0 Å². The smallest absolute Gasteiger partial charge is 0.0692 e. The third-order valence-electron chi connectivity index (χ3n) is 2.50. The Balaban J connectivity index is 1.68. The molecule has 0 amide bonds. The van der Waals surface area contributed by atoms with Crippen molar-refractivity contribution in [3.63, 3.8) is 0 Å². The molecule has 2 aromatic rings. The quantitative estimate of drug-likeness (QED) is 0.734. The number of hydrogen-bond acceptors (Lipinski definition) is 3. The molecule has 0 radical (unpaired) electrons. The fourth-order valence-electron chi connectivity index (χ4n) is 1.57. The molecule has 0 aliphatic carbocycles. The van der Waals surface area contributed by atoms with Crippen LogP contribution in [0, 0.1) is 0 Å². The van der Waals surface area contributed by atoms with Crippen molar-refractivity contribution in [2.45, 2.75) is 26.6 Å². The lowest BCUT2D eigenvalue weighted by Gasteiger charge is -2.02. The molecule has 0 aliphatic heterocycles. The maximum atomic E-state index is 3.90. The van der Waals surface area contributed by atoms with E-state index in [1.54, 1.807) is 6.20 Å². The van der Waals surface area contributed by atoms with Gasteiger partial charge in [-0.25, -0.2) is 0 Å². The fraction of sp³-hybridized carbons (Fsp3) is 0.455. The molecular weight excluding hydrogens is 202 g/mol. The minimum Gasteiger partial charge on any atom is -0.354 e. The Hall–Kier alpha value is -1.62. The molecule has 5 heteroatoms. The van der Waals surface area contributed by atoms with Gasteiger partial charge in [-0.15, -0.1) is 5.10 Å². The molecule has 0 spiro atoms. The summed E-state index contributed by atoms with van der Waals surface area (Å²) in [6.07, 6.45) is 7.84. The van der Waals surface area contributed by atoms with Crippen LogP contribution in [-0.4, -0.2) is 26.1 Å². The largest absolute Gasteiger partial charge is 0.354 e. The highest BCUT2D eigenvalue weighted by atomic mass is 15.4. The molecule has 16 heavy (non-hydrogen) atoms. The molecule has 5 nitrogen and oxygen atoms in total. The zero-order valence-corrected chi connectivity index (χ0v) is 9.50. The fourth-order valence-corrected chi connectivity index (χ4v) is 1.57. The van der Waals surface area contributed by atoms with Gasteiger partial charge in [-0.2, -0.15) is 0 Å². The van der Waals surface area contributed by atoms with E-state index in [1.807, 2.05) is 10.9 Å². The highest BCUT2D eigenvalue weighted by molar-refractivity contribution is 5.09. The summed E-state index contributed by atoms with van der Waals surface area (Å²) in [5.41, 5.74) is 1.32. The number of nitrogens with one attached hydrogen (secondary N) is 1. The SMILES string of the molecule is CCn1ccc(CNCCn2ccnn2)c1. The molecule has 2 heterocycles. The summed E-state index contributed by atoms with van der Waals surface area (Å²) in [7, 11) is 0. The molecule has 0 aromatic carbocycles. The van der Waals surface area contributed by atoms with Crippen molar-refractivity contribution in [1.82, 2.24) is 24.9 Å². The van der Waals surface area contributed by atoms with Crippen molar-refractivity contribution in [2.24, 2.45) is 0 Å². The Bertz CT molecular complexity index is 404. The minimum absolute atomic E-state index is 0.856. The first kappa shape index (κ1) is 10.9. The van der Waals surface area contributed by atoms with Crippen LogP contribution >= 0.6 is 0 Å². The number of aromatic nitrogens is 4. The third-order valence-corrected chi connectivity index (χ3v) is 2.50. The Labute approximate surface area is 95.1 Å². The van der Waals surface area contributed by atoms with E-state index in [4.69, 9.17) is 0 Å². The third kappa shape index (κ3) is 2.93. The average Bonchev–Trinajstić information content (AvgIpc) is 2.95. The van der Waals surface area contributed by atoms with Crippen molar-refractivity contribution in [3.05, 3.63) is 36.4 Å². The van der Waals surface area contributed by atoms with Crippen molar-refractivity contribution in [1.29, 1.82) is 0 Å². The van der Waals surface area contributed by atoms with Gasteiger partial charge in [-0.05, 0) is 18.6 Å². The summed E-state index contributed by atoms with van der Waals surface area (Å²) in [6, 6.07) is 2.14. The van der Waals surface area contributed by atoms with E-state index in [2.05, 4.69) is 45.6 Å². The van der Waals surface area contributed by atoms with Gasteiger partial charge < -0.3 is 9.88 Å². The van der Waals surface area contributed by atoms with Crippen LogP contribution in [0.25, 0.3) is 0 Å². The van der Waals surface area contributed by atoms with Crippen LogP contribution in [0.4, 0.5) is 0 Å². The van der Waals surface area contributed by atoms with Crippen LogP contribution in [0.3, 0.4) is 0 Å². The molecular formula is C11H17N5. The highest BCUT2D eigenvalue weighted by Gasteiger charge is 1.95. The molecule has 2 rings (SSSR count). The molecule has 0 saturated heterocycles. The van der Waals surface area contributed by atoms with Gasteiger partial charge in [0.25, 0.3) is 0 Å². The second-order valence-electron chi connectivity index (χ2n) is 3.69. The summed E-state index contributed by atoms with van der Waals surface area (Å²) in [4.78, 5) is 0. The van der Waals surface area contributed by atoms with Crippen molar-refractivity contribution >= 4 is 0 Å². The van der Waals surface area contributed by atoms with E-state index in [9.17, 15) is 0 Å². The summed E-state index contributed by atoms with van der Waals surface area (Å²) in [5.74, 6) is 0. The van der Waals surface area contributed by atoms with Crippen LogP contribution < -0.4 is 5.32 Å². The summed E-state index contributed by atoms with van der Waals surface area (Å²) in [5, 5.41) is 11.0. The maximum absolute atomic E-state index is 3.90. The van der Waals surface area contributed by atoms with E-state index >= 15 is 0 Å². The Morgan fingerprint density at radius 3 is 3.00 bits per heavy atom. The molecule has 2 aromatic heterocycles. The molecule has 1 N–H and O–H groups in total. The summed E-state index contributed by atoms with van der Waals surface area (Å²) in [6.45, 7) is 5.83. The minimum atomic E-state index is 0.856. The Morgan fingerprint density at radius 2 is 2.31 bits per heavy atom. The van der Waals surface area contributed by atoms with Crippen LogP contribution in [0.5, 0.6) is 0 Å². The first-order chi connectivity index (χ1) is 7.88. The number of hydrogen-bond donors (Lipinski definition) is 1. The Morgan fingerprint density at radius 1 is 1.38 bits per heavy atom. The zero-order chi connectivity index (χ0) is 11.2. The predicted molar refractivity (Wildman–Crippen MR) is 61.8 cm³/mol. The maximum Gasteiger partial charge on any atom is 0.0692 e. The van der Waals surface area contributed by atoms with Gasteiger partial charge in [0, 0.05) is 38.2 Å². The lowest BCUT2D eigenvalue weighted by atomic mass is 10.3. The van der Waals surface area contributed by atoms with Gasteiger partial charge in [-0.1, -0.05) is 5.21 Å². The molecule has 0 atom stereocenters. The number of nitrogens with zero attached hydrogens (tertiary/aromatic N) is 4. The molecule has 0 saturated carbocycles. The highest BCUT2D eigenvalue weighted by Crippen LogP contribution is 2.00. The van der Waals surface area contributed by atoms with Crippen LogP contribution in [0.15, 0.2) is 30.9 Å². The van der Waals surface area contributed by atoms with Crippen LogP contribution in [-0.2, 0) is 19.6 Å². The molecule has 0 unspecified atom stereocenters. The van der Waals surface area contributed by atoms with Gasteiger partial charge >= 0.3 is 0 Å². The van der Waals surface area contributed by atoms with Gasteiger partial charge in [0.1, 0.15) is 0 Å². The second kappa shape index (κ2) is 5.46. The molecule has 0 fully saturated rings. The standard InChI is InChI=1S/C11H17N5/c1-2-15-6-3-11(10-15)9-12-4-7-16-8-5-13-14-16/h3,5-6,8,10,12H,2,4,7,9H2,1H3. The topological polar surface area (TPSA) is 47.7 Å². The lowest BCUT2D eigenvalue weighted by molar-refractivity contribution is 0.540. The number of aryl methyl sites for hydroxylation is 1. The monoisotopic (exact) mass is 219 g/mol. The first-order valence-electron chi connectivity index (χ1n) is 5.58. The molecule has 0 bridgehead atoms. The normalized spacial score (nSPS) is 10.8. The van der Waals surface area contributed by atoms with E-state index in [-0.39, 0.29) is 0 Å². The summed E-state index contributed by atoms with van der Waals surface area (Å²) >= 11 is 0. The van der Waals surface area contributed by atoms with Crippen molar-refractivity contribution in [3.8, 4) is 0 Å². The number of rotatable bonds is 6. The zero-order valence-electron chi connectivity index (χ0n) is 9.50. The van der Waals surface area contributed by atoms with E-state index < -0.39 is 0 Å². The van der Waals surface area contributed by atoms with E-state index in [0.29, 0.717) is 0 Å². The van der Waals surface area contributed by atoms with Gasteiger partial charge in [0.2, 0.25) is 0 Å². The summed E-state index contributed by atoms with van der Waals surface area (Å²) < 4.78 is 4.00. The molecule has 0 aliphatic rings. The van der Waals surface area contributed by atoms with Gasteiger partial charge in [-0.3, -0.25) is 4.68 Å². The van der Waals surface area contributed by atoms with Crippen LogP contribution in [0.1, 0.15) is 12.5 Å². The van der Waals surface area contributed by atoms with Crippen LogP contribution in [0.2, 0.25) is 0 Å². The first-order valence-corrected chi connectivity index (χ1v) is 5.58. The predicted octanol–water partition coefficient (Wildman–Crippen LogP) is 0.889. The van der Waals surface area contributed by atoms with E-state index in [1.165, 1.54) is 5.56 Å². The molecule has 86 valence electrons. The Kier molecular flexibility index (Phi) is 3.71. The average molecular weight is 219 g/mol. The van der Waals surface area contributed by atoms with Gasteiger partial charge in [0.15, 0.2) is 0 Å². The second-order valence-corrected chi connectivity index (χ2v) is 3.69. The lowest BCUT2D eigenvalue weighted by Crippen LogP contribution is -2.19. The van der Waals surface area contributed by atoms with Gasteiger partial charge in [0.05, 0.1) is 12.7 Å².